The summed E-state index contributed by atoms with van der Waals surface area (Å²) in [5.41, 5.74) is 1.79. The summed E-state index contributed by atoms with van der Waals surface area (Å²) in [4.78, 5) is 26.6. The molecule has 1 fully saturated rings. The highest BCUT2D eigenvalue weighted by Gasteiger charge is 2.32. The SMILES string of the molecule is CCOC(=O)COc1ccc(/C=C2/SC(=S)N(Cc3ccccc3)C2=O)cc1OCC. The van der Waals surface area contributed by atoms with Gasteiger partial charge in [-0.2, -0.15) is 0 Å². The van der Waals surface area contributed by atoms with Crippen LogP contribution in [0.15, 0.2) is 53.4 Å². The van der Waals surface area contributed by atoms with Gasteiger partial charge in [0.05, 0.1) is 24.7 Å². The molecule has 0 N–H and O–H groups in total. The third kappa shape index (κ3) is 6.08. The zero-order chi connectivity index (χ0) is 22.2. The van der Waals surface area contributed by atoms with Crippen molar-refractivity contribution in [2.75, 3.05) is 19.8 Å². The molecule has 2 aromatic carbocycles. The van der Waals surface area contributed by atoms with Gasteiger partial charge in [-0.15, -0.1) is 0 Å². The lowest BCUT2D eigenvalue weighted by molar-refractivity contribution is -0.145. The van der Waals surface area contributed by atoms with Crippen LogP contribution < -0.4 is 9.47 Å². The third-order valence-electron chi connectivity index (χ3n) is 4.27. The molecule has 8 heteroatoms. The predicted molar refractivity (Wildman–Crippen MR) is 125 cm³/mol. The molecule has 3 rings (SSSR count). The van der Waals surface area contributed by atoms with Crippen molar-refractivity contribution in [1.82, 2.24) is 4.90 Å². The van der Waals surface area contributed by atoms with E-state index < -0.39 is 5.97 Å². The molecule has 0 saturated carbocycles. The van der Waals surface area contributed by atoms with E-state index in [0.29, 0.717) is 40.5 Å². The van der Waals surface area contributed by atoms with Crippen LogP contribution in [0.2, 0.25) is 0 Å². The van der Waals surface area contributed by atoms with Gasteiger partial charge in [0.1, 0.15) is 4.32 Å². The minimum atomic E-state index is -0.448. The van der Waals surface area contributed by atoms with Gasteiger partial charge in [0.25, 0.3) is 5.91 Å². The average Bonchev–Trinajstić information content (AvgIpc) is 3.02. The number of benzene rings is 2. The maximum Gasteiger partial charge on any atom is 0.344 e. The van der Waals surface area contributed by atoms with E-state index in [-0.39, 0.29) is 12.5 Å². The number of ether oxygens (including phenoxy) is 3. The van der Waals surface area contributed by atoms with Crippen LogP contribution in [0, 0.1) is 0 Å². The van der Waals surface area contributed by atoms with Gasteiger partial charge < -0.3 is 14.2 Å². The molecule has 0 aliphatic carbocycles. The molecule has 0 bridgehead atoms. The molecule has 0 aromatic heterocycles. The first kappa shape index (κ1) is 22.8. The fourth-order valence-electron chi connectivity index (χ4n) is 2.89. The van der Waals surface area contributed by atoms with Crippen molar-refractivity contribution in [1.29, 1.82) is 0 Å². The maximum atomic E-state index is 12.9. The molecule has 1 aliphatic rings. The van der Waals surface area contributed by atoms with Crippen molar-refractivity contribution in [3.8, 4) is 11.5 Å². The van der Waals surface area contributed by atoms with Gasteiger partial charge in [-0.25, -0.2) is 4.79 Å². The number of hydrogen-bond donors (Lipinski definition) is 0. The molecule has 1 heterocycles. The van der Waals surface area contributed by atoms with Gasteiger partial charge in [0, 0.05) is 0 Å². The van der Waals surface area contributed by atoms with Crippen LogP contribution in [0.3, 0.4) is 0 Å². The van der Waals surface area contributed by atoms with Crippen molar-refractivity contribution in [3.05, 3.63) is 64.6 Å². The molecule has 162 valence electrons. The van der Waals surface area contributed by atoms with E-state index in [1.807, 2.05) is 37.3 Å². The monoisotopic (exact) mass is 457 g/mol. The van der Waals surface area contributed by atoms with Crippen molar-refractivity contribution in [3.63, 3.8) is 0 Å². The number of thioether (sulfide) groups is 1. The minimum absolute atomic E-state index is 0.126. The van der Waals surface area contributed by atoms with Crippen LogP contribution in [0.25, 0.3) is 6.08 Å². The summed E-state index contributed by atoms with van der Waals surface area (Å²) < 4.78 is 16.6. The van der Waals surface area contributed by atoms with Crippen LogP contribution in [-0.4, -0.2) is 40.9 Å². The Hall–Kier alpha value is -2.84. The molecule has 1 amide bonds. The summed E-state index contributed by atoms with van der Waals surface area (Å²) in [7, 11) is 0. The Morgan fingerprint density at radius 1 is 1.06 bits per heavy atom. The molecule has 1 aliphatic heterocycles. The Morgan fingerprint density at radius 3 is 2.55 bits per heavy atom. The lowest BCUT2D eigenvalue weighted by Gasteiger charge is -2.14. The lowest BCUT2D eigenvalue weighted by atomic mass is 10.1. The van der Waals surface area contributed by atoms with Crippen molar-refractivity contribution >= 4 is 46.3 Å². The quantitative estimate of drug-likeness (QED) is 0.314. The average molecular weight is 458 g/mol. The Balaban J connectivity index is 1.76. The summed E-state index contributed by atoms with van der Waals surface area (Å²) in [5, 5.41) is 0. The highest BCUT2D eigenvalue weighted by Crippen LogP contribution is 2.35. The smallest absolute Gasteiger partial charge is 0.344 e. The van der Waals surface area contributed by atoms with Gasteiger partial charge in [0.15, 0.2) is 18.1 Å². The molecule has 0 radical (unpaired) electrons. The fourth-order valence-corrected chi connectivity index (χ4v) is 4.15. The van der Waals surface area contributed by atoms with E-state index in [0.717, 1.165) is 11.1 Å². The number of esters is 1. The van der Waals surface area contributed by atoms with Crippen LogP contribution >= 0.6 is 24.0 Å². The number of rotatable bonds is 9. The third-order valence-corrected chi connectivity index (χ3v) is 5.65. The van der Waals surface area contributed by atoms with E-state index in [1.165, 1.54) is 11.8 Å². The first-order valence-corrected chi connectivity index (χ1v) is 11.1. The molecule has 0 atom stereocenters. The number of hydrogen-bond acceptors (Lipinski definition) is 7. The normalized spacial score (nSPS) is 14.8. The van der Waals surface area contributed by atoms with Gasteiger partial charge in [-0.05, 0) is 43.2 Å². The second-order valence-corrected chi connectivity index (χ2v) is 8.16. The second kappa shape index (κ2) is 11.0. The standard InChI is InChI=1S/C23H23NO5S2/c1-3-27-19-12-17(10-11-18(19)29-15-21(25)28-4-2)13-20-22(26)24(23(30)31-20)14-16-8-6-5-7-9-16/h5-13H,3-4,14-15H2,1-2H3/b20-13+. The Labute approximate surface area is 191 Å². The minimum Gasteiger partial charge on any atom is -0.490 e. The number of nitrogens with zero attached hydrogens (tertiary/aromatic N) is 1. The van der Waals surface area contributed by atoms with Crippen LogP contribution in [0.5, 0.6) is 11.5 Å². The Bertz CT molecular complexity index is 991. The molecule has 0 unspecified atom stereocenters. The molecule has 0 spiro atoms. The zero-order valence-corrected chi connectivity index (χ0v) is 19.0. The zero-order valence-electron chi connectivity index (χ0n) is 17.3. The highest BCUT2D eigenvalue weighted by atomic mass is 32.2. The Kier molecular flexibility index (Phi) is 8.08. The van der Waals surface area contributed by atoms with E-state index >= 15 is 0 Å². The topological polar surface area (TPSA) is 65.1 Å². The second-order valence-electron chi connectivity index (χ2n) is 6.49. The lowest BCUT2D eigenvalue weighted by Crippen LogP contribution is -2.27. The maximum absolute atomic E-state index is 12.9. The summed E-state index contributed by atoms with van der Waals surface area (Å²) in [5.74, 6) is 0.347. The van der Waals surface area contributed by atoms with Crippen LogP contribution in [-0.2, 0) is 20.9 Å². The summed E-state index contributed by atoms with van der Waals surface area (Å²) in [6, 6.07) is 15.0. The predicted octanol–water partition coefficient (Wildman–Crippen LogP) is 4.43. The van der Waals surface area contributed by atoms with Crippen molar-refractivity contribution < 1.29 is 23.8 Å². The van der Waals surface area contributed by atoms with Crippen molar-refractivity contribution in [2.45, 2.75) is 20.4 Å². The number of carbonyl (C=O) groups excluding carboxylic acids is 2. The molecule has 31 heavy (non-hydrogen) atoms. The largest absolute Gasteiger partial charge is 0.490 e. The molecule has 6 nitrogen and oxygen atoms in total. The number of carbonyl (C=O) groups is 2. The van der Waals surface area contributed by atoms with E-state index in [1.54, 1.807) is 36.1 Å². The van der Waals surface area contributed by atoms with Crippen LogP contribution in [0.4, 0.5) is 0 Å². The van der Waals surface area contributed by atoms with Gasteiger partial charge >= 0.3 is 5.97 Å². The van der Waals surface area contributed by atoms with E-state index in [2.05, 4.69) is 0 Å². The van der Waals surface area contributed by atoms with Crippen molar-refractivity contribution in [2.24, 2.45) is 0 Å². The molecule has 1 saturated heterocycles. The summed E-state index contributed by atoms with van der Waals surface area (Å²) >= 11 is 6.69. The van der Waals surface area contributed by atoms with E-state index in [9.17, 15) is 9.59 Å². The summed E-state index contributed by atoms with van der Waals surface area (Å²) in [6.07, 6.45) is 1.78. The fraction of sp³-hybridized carbons (Fsp3) is 0.261. The van der Waals surface area contributed by atoms with Gasteiger partial charge in [-0.1, -0.05) is 60.4 Å². The first-order chi connectivity index (χ1) is 15.0. The molecular weight excluding hydrogens is 434 g/mol. The Morgan fingerprint density at radius 2 is 1.84 bits per heavy atom. The van der Waals surface area contributed by atoms with Crippen LogP contribution in [0.1, 0.15) is 25.0 Å². The highest BCUT2D eigenvalue weighted by molar-refractivity contribution is 8.26. The first-order valence-electron chi connectivity index (χ1n) is 9.86. The molecular formula is C23H23NO5S2. The number of amides is 1. The number of thiocarbonyl (C=S) groups is 1. The van der Waals surface area contributed by atoms with Gasteiger partial charge in [-0.3, -0.25) is 9.69 Å². The van der Waals surface area contributed by atoms with Gasteiger partial charge in [0.2, 0.25) is 0 Å². The molecule has 2 aromatic rings. The van der Waals surface area contributed by atoms with E-state index in [4.69, 9.17) is 26.4 Å². The summed E-state index contributed by atoms with van der Waals surface area (Å²) in [6.45, 7) is 4.55.